The van der Waals surface area contributed by atoms with Gasteiger partial charge in [0.1, 0.15) is 4.90 Å². The van der Waals surface area contributed by atoms with Gasteiger partial charge in [-0.1, -0.05) is 35.3 Å². The van der Waals surface area contributed by atoms with Gasteiger partial charge in [-0.3, -0.25) is 0 Å². The highest BCUT2D eigenvalue weighted by atomic mass is 35.5. The molecule has 2 aromatic rings. The summed E-state index contributed by atoms with van der Waals surface area (Å²) in [4.78, 5) is -0.157. The largest absolute Gasteiger partial charge is 0.416 e. The van der Waals surface area contributed by atoms with Crippen molar-refractivity contribution in [3.8, 4) is 0 Å². The maximum atomic E-state index is 12.5. The van der Waals surface area contributed by atoms with E-state index in [9.17, 15) is 21.6 Å². The molecular formula is C14H10Cl2F3NO2S. The van der Waals surface area contributed by atoms with Crippen molar-refractivity contribution >= 4 is 33.2 Å². The van der Waals surface area contributed by atoms with Crippen LogP contribution in [0.1, 0.15) is 11.1 Å². The minimum absolute atomic E-state index is 0.0441. The maximum Gasteiger partial charge on any atom is 0.416 e. The van der Waals surface area contributed by atoms with Gasteiger partial charge in [-0.25, -0.2) is 13.1 Å². The molecule has 0 unspecified atom stereocenters. The zero-order valence-electron chi connectivity index (χ0n) is 11.4. The van der Waals surface area contributed by atoms with Crippen LogP contribution in [0.25, 0.3) is 0 Å². The molecule has 0 heterocycles. The fourth-order valence-electron chi connectivity index (χ4n) is 1.76. The second-order valence-electron chi connectivity index (χ2n) is 4.59. The summed E-state index contributed by atoms with van der Waals surface area (Å²) in [6.45, 7) is -0.167. The van der Waals surface area contributed by atoms with Crippen molar-refractivity contribution in [3.63, 3.8) is 0 Å². The average Bonchev–Trinajstić information content (AvgIpc) is 2.44. The number of halogens is 5. The van der Waals surface area contributed by atoms with Crippen molar-refractivity contribution in [2.75, 3.05) is 0 Å². The van der Waals surface area contributed by atoms with Crippen LogP contribution in [0.2, 0.25) is 10.0 Å². The Balaban J connectivity index is 2.13. The summed E-state index contributed by atoms with van der Waals surface area (Å²) < 4.78 is 63.9. The number of sulfonamides is 1. The molecule has 9 heteroatoms. The molecule has 0 radical (unpaired) electrons. The van der Waals surface area contributed by atoms with Gasteiger partial charge in [0.05, 0.1) is 10.6 Å². The molecule has 2 rings (SSSR count). The van der Waals surface area contributed by atoms with E-state index >= 15 is 0 Å². The van der Waals surface area contributed by atoms with E-state index in [1.807, 2.05) is 0 Å². The minimum Gasteiger partial charge on any atom is -0.207 e. The molecule has 0 aliphatic heterocycles. The maximum absolute atomic E-state index is 12.5. The van der Waals surface area contributed by atoms with Crippen LogP contribution in [0.5, 0.6) is 0 Å². The van der Waals surface area contributed by atoms with Crippen LogP contribution in [-0.2, 0) is 22.7 Å². The minimum atomic E-state index is -4.44. The smallest absolute Gasteiger partial charge is 0.207 e. The summed E-state index contributed by atoms with van der Waals surface area (Å²) in [5.74, 6) is 0. The van der Waals surface area contributed by atoms with E-state index in [1.165, 1.54) is 30.3 Å². The molecule has 0 aliphatic rings. The van der Waals surface area contributed by atoms with E-state index in [1.54, 1.807) is 0 Å². The Bertz CT molecular complexity index is 806. The third-order valence-electron chi connectivity index (χ3n) is 2.93. The molecule has 124 valence electrons. The SMILES string of the molecule is O=S(=O)(NCc1ccc(C(F)(F)F)cc1)c1ccc(Cl)cc1Cl. The lowest BCUT2D eigenvalue weighted by atomic mass is 10.1. The highest BCUT2D eigenvalue weighted by Crippen LogP contribution is 2.29. The highest BCUT2D eigenvalue weighted by molar-refractivity contribution is 7.89. The third kappa shape index (κ3) is 4.60. The van der Waals surface area contributed by atoms with Crippen LogP contribution < -0.4 is 4.72 Å². The van der Waals surface area contributed by atoms with Crippen molar-refractivity contribution in [2.24, 2.45) is 0 Å². The van der Waals surface area contributed by atoms with E-state index < -0.39 is 21.8 Å². The molecule has 0 atom stereocenters. The average molecular weight is 384 g/mol. The summed E-state index contributed by atoms with van der Waals surface area (Å²) in [7, 11) is -3.91. The molecule has 0 saturated carbocycles. The topological polar surface area (TPSA) is 46.2 Å². The van der Waals surface area contributed by atoms with Gasteiger partial charge in [-0.2, -0.15) is 13.2 Å². The standard InChI is InChI=1S/C14H10Cl2F3NO2S/c15-11-5-6-13(12(16)7-11)23(21,22)20-8-9-1-3-10(4-2-9)14(17,18)19/h1-7,20H,8H2. The zero-order chi connectivity index (χ0) is 17.3. The Labute approximate surface area is 141 Å². The fourth-order valence-corrected chi connectivity index (χ4v) is 3.55. The van der Waals surface area contributed by atoms with Gasteiger partial charge >= 0.3 is 6.18 Å². The Morgan fingerprint density at radius 1 is 1.00 bits per heavy atom. The number of hydrogen-bond donors (Lipinski definition) is 1. The number of benzene rings is 2. The van der Waals surface area contributed by atoms with Gasteiger partial charge in [0.2, 0.25) is 10.0 Å². The van der Waals surface area contributed by atoms with Gasteiger partial charge in [0, 0.05) is 11.6 Å². The number of alkyl halides is 3. The molecule has 2 aromatic carbocycles. The lowest BCUT2D eigenvalue weighted by Crippen LogP contribution is -2.23. The number of rotatable bonds is 4. The molecule has 0 spiro atoms. The molecular weight excluding hydrogens is 374 g/mol. The Hall–Kier alpha value is -1.28. The number of hydrogen-bond acceptors (Lipinski definition) is 2. The molecule has 0 amide bonds. The lowest BCUT2D eigenvalue weighted by Gasteiger charge is -2.10. The first kappa shape index (κ1) is 18.1. The quantitative estimate of drug-likeness (QED) is 0.845. The Morgan fingerprint density at radius 3 is 2.13 bits per heavy atom. The van der Waals surface area contributed by atoms with Crippen LogP contribution >= 0.6 is 23.2 Å². The van der Waals surface area contributed by atoms with Crippen molar-refractivity contribution in [3.05, 3.63) is 63.6 Å². The number of nitrogens with one attached hydrogen (secondary N) is 1. The van der Waals surface area contributed by atoms with Crippen molar-refractivity contribution in [2.45, 2.75) is 17.6 Å². The molecule has 0 fully saturated rings. The van der Waals surface area contributed by atoms with Crippen LogP contribution in [-0.4, -0.2) is 8.42 Å². The van der Waals surface area contributed by atoms with Crippen LogP contribution in [0.4, 0.5) is 13.2 Å². The van der Waals surface area contributed by atoms with Gasteiger partial charge in [0.15, 0.2) is 0 Å². The molecule has 0 saturated heterocycles. The molecule has 0 aliphatic carbocycles. The van der Waals surface area contributed by atoms with E-state index in [2.05, 4.69) is 4.72 Å². The van der Waals surface area contributed by atoms with Crippen LogP contribution in [0.3, 0.4) is 0 Å². The first-order chi connectivity index (χ1) is 10.6. The summed E-state index contributed by atoms with van der Waals surface area (Å²) in [5, 5.41) is 0.245. The second-order valence-corrected chi connectivity index (χ2v) is 7.17. The molecule has 1 N–H and O–H groups in total. The summed E-state index contributed by atoms with van der Waals surface area (Å²) >= 11 is 11.5. The lowest BCUT2D eigenvalue weighted by molar-refractivity contribution is -0.137. The van der Waals surface area contributed by atoms with Crippen molar-refractivity contribution in [1.82, 2.24) is 4.72 Å². The molecule has 0 bridgehead atoms. The van der Waals surface area contributed by atoms with Gasteiger partial charge in [0.25, 0.3) is 0 Å². The summed E-state index contributed by atoms with van der Waals surface area (Å²) in [5.41, 5.74) is -0.420. The first-order valence-corrected chi connectivity index (χ1v) is 8.44. The predicted octanol–water partition coefficient (Wildman–Crippen LogP) is 4.49. The van der Waals surface area contributed by atoms with Gasteiger partial charge in [-0.05, 0) is 35.9 Å². The molecule has 23 heavy (non-hydrogen) atoms. The predicted molar refractivity (Wildman–Crippen MR) is 81.9 cm³/mol. The van der Waals surface area contributed by atoms with E-state index in [0.717, 1.165) is 12.1 Å². The normalized spacial score (nSPS) is 12.4. The van der Waals surface area contributed by atoms with Crippen molar-refractivity contribution < 1.29 is 21.6 Å². The van der Waals surface area contributed by atoms with Crippen LogP contribution in [0.15, 0.2) is 47.4 Å². The van der Waals surface area contributed by atoms with E-state index in [4.69, 9.17) is 23.2 Å². The molecule has 0 aromatic heterocycles. The zero-order valence-corrected chi connectivity index (χ0v) is 13.7. The summed E-state index contributed by atoms with van der Waals surface area (Å²) in [6, 6.07) is 8.09. The van der Waals surface area contributed by atoms with Crippen molar-refractivity contribution in [1.29, 1.82) is 0 Å². The van der Waals surface area contributed by atoms with Gasteiger partial charge in [-0.15, -0.1) is 0 Å². The van der Waals surface area contributed by atoms with E-state index in [-0.39, 0.29) is 21.5 Å². The summed E-state index contributed by atoms with van der Waals surface area (Å²) in [6.07, 6.45) is -4.44. The Morgan fingerprint density at radius 2 is 1.61 bits per heavy atom. The first-order valence-electron chi connectivity index (χ1n) is 6.20. The third-order valence-corrected chi connectivity index (χ3v) is 5.05. The van der Waals surface area contributed by atoms with Gasteiger partial charge < -0.3 is 0 Å². The van der Waals surface area contributed by atoms with E-state index in [0.29, 0.717) is 5.56 Å². The second kappa shape index (κ2) is 6.68. The van der Waals surface area contributed by atoms with Crippen LogP contribution in [0, 0.1) is 0 Å². The Kier molecular flexibility index (Phi) is 5.25. The fraction of sp³-hybridized carbons (Fsp3) is 0.143. The molecule has 3 nitrogen and oxygen atoms in total. The highest BCUT2D eigenvalue weighted by Gasteiger charge is 2.30. The monoisotopic (exact) mass is 383 g/mol.